The van der Waals surface area contributed by atoms with Crippen LogP contribution in [0.25, 0.3) is 0 Å². The van der Waals surface area contributed by atoms with Crippen LogP contribution in [0, 0.1) is 6.92 Å². The highest BCUT2D eigenvalue weighted by atomic mass is 16.2. The lowest BCUT2D eigenvalue weighted by atomic mass is 9.91. The van der Waals surface area contributed by atoms with Gasteiger partial charge < -0.3 is 14.9 Å². The van der Waals surface area contributed by atoms with Gasteiger partial charge in [0.1, 0.15) is 18.3 Å². The average Bonchev–Trinajstić information content (AvgIpc) is 3.10. The van der Waals surface area contributed by atoms with E-state index >= 15 is 0 Å². The Hall–Kier alpha value is -2.18. The van der Waals surface area contributed by atoms with Gasteiger partial charge in [-0.15, -0.1) is 10.2 Å². The van der Waals surface area contributed by atoms with Gasteiger partial charge in [0.2, 0.25) is 0 Å². The van der Waals surface area contributed by atoms with E-state index in [1.165, 1.54) is 0 Å². The summed E-state index contributed by atoms with van der Waals surface area (Å²) >= 11 is 0. The van der Waals surface area contributed by atoms with Crippen molar-refractivity contribution in [3.63, 3.8) is 0 Å². The van der Waals surface area contributed by atoms with E-state index in [1.54, 1.807) is 19.0 Å². The van der Waals surface area contributed by atoms with Gasteiger partial charge in [0, 0.05) is 17.8 Å². The van der Waals surface area contributed by atoms with Crippen LogP contribution in [0.3, 0.4) is 0 Å². The molecule has 0 unspecified atom stereocenters. The van der Waals surface area contributed by atoms with Gasteiger partial charge in [-0.2, -0.15) is 0 Å². The smallest absolute Gasteiger partial charge is 0.271 e. The molecule has 0 radical (unpaired) electrons. The summed E-state index contributed by atoms with van der Waals surface area (Å²) in [5.74, 6) is -0.0866. The fourth-order valence-electron chi connectivity index (χ4n) is 2.76. The van der Waals surface area contributed by atoms with Crippen LogP contribution in [0.4, 0.5) is 0 Å². The number of aromatic amines is 1. The number of rotatable bonds is 3. The molecule has 1 aliphatic rings. The van der Waals surface area contributed by atoms with E-state index in [0.29, 0.717) is 11.7 Å². The number of H-pyrrole nitrogens is 1. The van der Waals surface area contributed by atoms with Crippen molar-refractivity contribution < 1.29 is 4.79 Å². The number of carbonyl (C=O) groups excluding carboxylic acids is 1. The highest BCUT2D eigenvalue weighted by molar-refractivity contribution is 5.93. The first kappa shape index (κ1) is 12.8. The molecule has 106 valence electrons. The minimum atomic E-state index is -0.0866. The van der Waals surface area contributed by atoms with E-state index in [9.17, 15) is 4.79 Å². The van der Waals surface area contributed by atoms with E-state index in [-0.39, 0.29) is 11.9 Å². The molecule has 7 heteroatoms. The molecule has 0 atom stereocenters. The molecule has 1 fully saturated rings. The molecule has 0 saturated heterocycles. The van der Waals surface area contributed by atoms with Gasteiger partial charge in [0.05, 0.1) is 6.33 Å². The maximum Gasteiger partial charge on any atom is 0.271 e. The van der Waals surface area contributed by atoms with Gasteiger partial charge in [0.15, 0.2) is 0 Å². The van der Waals surface area contributed by atoms with Gasteiger partial charge in [-0.3, -0.25) is 4.79 Å². The fourth-order valence-corrected chi connectivity index (χ4v) is 2.76. The lowest BCUT2D eigenvalue weighted by Gasteiger charge is -2.29. The van der Waals surface area contributed by atoms with Crippen LogP contribution in [-0.2, 0) is 0 Å². The van der Waals surface area contributed by atoms with Crippen molar-refractivity contribution in [3.05, 3.63) is 30.4 Å². The van der Waals surface area contributed by atoms with Crippen LogP contribution in [0.1, 0.15) is 47.9 Å². The van der Waals surface area contributed by atoms with E-state index in [4.69, 9.17) is 0 Å². The van der Waals surface area contributed by atoms with Crippen LogP contribution in [0.2, 0.25) is 0 Å². The van der Waals surface area contributed by atoms with Crippen LogP contribution in [0.5, 0.6) is 0 Å². The molecule has 20 heavy (non-hydrogen) atoms. The Bertz CT molecular complexity index is 567. The van der Waals surface area contributed by atoms with Crippen LogP contribution >= 0.6 is 0 Å². The fraction of sp³-hybridized carbons (Fsp3) is 0.538. The quantitative estimate of drug-likeness (QED) is 0.881. The second-order valence-corrected chi connectivity index (χ2v) is 5.26. The van der Waals surface area contributed by atoms with Crippen LogP contribution in [0.15, 0.2) is 19.0 Å². The number of nitrogens with zero attached hydrogens (tertiary/aromatic N) is 4. The maximum absolute atomic E-state index is 12.1. The second-order valence-electron chi connectivity index (χ2n) is 5.26. The minimum absolute atomic E-state index is 0.0866. The number of amides is 1. The van der Waals surface area contributed by atoms with E-state index in [1.807, 2.05) is 6.92 Å². The summed E-state index contributed by atoms with van der Waals surface area (Å²) in [5.41, 5.74) is 1.30. The number of aromatic nitrogens is 5. The summed E-state index contributed by atoms with van der Waals surface area (Å²) in [4.78, 5) is 19.1. The summed E-state index contributed by atoms with van der Waals surface area (Å²) in [5, 5.41) is 10.7. The number of aryl methyl sites for hydroxylation is 1. The maximum atomic E-state index is 12.1. The number of nitrogens with one attached hydrogen (secondary N) is 2. The number of hydrogen-bond donors (Lipinski definition) is 2. The zero-order valence-corrected chi connectivity index (χ0v) is 11.4. The van der Waals surface area contributed by atoms with Crippen molar-refractivity contribution >= 4 is 5.91 Å². The first-order chi connectivity index (χ1) is 9.74. The highest BCUT2D eigenvalue weighted by Crippen LogP contribution is 2.28. The molecule has 0 aromatic carbocycles. The first-order valence-corrected chi connectivity index (χ1v) is 6.89. The zero-order valence-electron chi connectivity index (χ0n) is 11.4. The standard InChI is InChI=1S/C13H18N6O/c1-9-12(15-6-14-9)13(20)18-10-2-4-11(5-3-10)19-7-16-17-8-19/h6-8,10-11H,2-5H2,1H3,(H,14,15)(H,18,20). The van der Waals surface area contributed by atoms with Gasteiger partial charge in [-0.25, -0.2) is 4.98 Å². The van der Waals surface area contributed by atoms with Gasteiger partial charge >= 0.3 is 0 Å². The Labute approximate surface area is 116 Å². The third-order valence-corrected chi connectivity index (χ3v) is 3.94. The van der Waals surface area contributed by atoms with Crippen molar-refractivity contribution in [2.45, 2.75) is 44.7 Å². The molecule has 0 aliphatic heterocycles. The molecule has 7 nitrogen and oxygen atoms in total. The third-order valence-electron chi connectivity index (χ3n) is 3.94. The van der Waals surface area contributed by atoms with Crippen molar-refractivity contribution in [3.8, 4) is 0 Å². The number of hydrogen-bond acceptors (Lipinski definition) is 4. The Morgan fingerprint density at radius 1 is 1.30 bits per heavy atom. The summed E-state index contributed by atoms with van der Waals surface area (Å²) in [6, 6.07) is 0.677. The van der Waals surface area contributed by atoms with Gasteiger partial charge in [-0.05, 0) is 32.6 Å². The Morgan fingerprint density at radius 3 is 2.60 bits per heavy atom. The highest BCUT2D eigenvalue weighted by Gasteiger charge is 2.24. The second kappa shape index (κ2) is 5.44. The molecule has 1 aliphatic carbocycles. The molecular formula is C13H18N6O. The Balaban J connectivity index is 1.54. The summed E-state index contributed by atoms with van der Waals surface area (Å²) in [6.45, 7) is 1.85. The normalized spacial score (nSPS) is 22.6. The lowest BCUT2D eigenvalue weighted by molar-refractivity contribution is 0.0917. The van der Waals surface area contributed by atoms with Crippen LogP contribution in [-0.4, -0.2) is 36.7 Å². The Morgan fingerprint density at radius 2 is 2.00 bits per heavy atom. The van der Waals surface area contributed by atoms with Crippen molar-refractivity contribution in [1.82, 2.24) is 30.0 Å². The molecule has 0 spiro atoms. The summed E-state index contributed by atoms with van der Waals surface area (Å²) in [7, 11) is 0. The predicted molar refractivity (Wildman–Crippen MR) is 72.1 cm³/mol. The molecule has 1 saturated carbocycles. The zero-order chi connectivity index (χ0) is 13.9. The van der Waals surface area contributed by atoms with Crippen LogP contribution < -0.4 is 5.32 Å². The van der Waals surface area contributed by atoms with E-state index in [0.717, 1.165) is 31.4 Å². The average molecular weight is 274 g/mol. The number of imidazole rings is 1. The minimum Gasteiger partial charge on any atom is -0.348 e. The molecule has 2 N–H and O–H groups in total. The van der Waals surface area contributed by atoms with Crippen molar-refractivity contribution in [2.75, 3.05) is 0 Å². The van der Waals surface area contributed by atoms with Gasteiger partial charge in [0.25, 0.3) is 5.91 Å². The Kier molecular flexibility index (Phi) is 3.49. The van der Waals surface area contributed by atoms with Crippen molar-refractivity contribution in [2.24, 2.45) is 0 Å². The van der Waals surface area contributed by atoms with Crippen molar-refractivity contribution in [1.29, 1.82) is 0 Å². The molecule has 1 amide bonds. The summed E-state index contributed by atoms with van der Waals surface area (Å²) < 4.78 is 2.05. The van der Waals surface area contributed by atoms with E-state index < -0.39 is 0 Å². The lowest BCUT2D eigenvalue weighted by Crippen LogP contribution is -2.38. The SMILES string of the molecule is Cc1[nH]cnc1C(=O)NC1CCC(n2cnnc2)CC1. The molecule has 2 heterocycles. The monoisotopic (exact) mass is 274 g/mol. The third kappa shape index (κ3) is 2.56. The molecule has 3 rings (SSSR count). The topological polar surface area (TPSA) is 88.5 Å². The molecule has 2 aromatic rings. The molecule has 0 bridgehead atoms. The molecule has 2 aromatic heterocycles. The summed E-state index contributed by atoms with van der Waals surface area (Å²) in [6.07, 6.45) is 9.07. The predicted octanol–water partition coefficient (Wildman–Crippen LogP) is 1.22. The van der Waals surface area contributed by atoms with E-state index in [2.05, 4.69) is 30.0 Å². The number of carbonyl (C=O) groups is 1. The largest absolute Gasteiger partial charge is 0.348 e. The molecular weight excluding hydrogens is 256 g/mol. The van der Waals surface area contributed by atoms with Gasteiger partial charge in [-0.1, -0.05) is 0 Å². The first-order valence-electron chi connectivity index (χ1n) is 6.89.